The molecule has 1 aliphatic heterocycles. The van der Waals surface area contributed by atoms with Crippen LogP contribution < -0.4 is 0 Å². The molecule has 0 aromatic carbocycles. The molecule has 2 heteroatoms. The van der Waals surface area contributed by atoms with Crippen LogP contribution in [0.15, 0.2) is 0 Å². The molecular formula is C14H25NO. The molecule has 2 nitrogen and oxygen atoms in total. The van der Waals surface area contributed by atoms with Gasteiger partial charge in [0.25, 0.3) is 0 Å². The van der Waals surface area contributed by atoms with Crippen LogP contribution in [0, 0.1) is 5.41 Å². The first-order chi connectivity index (χ1) is 7.58. The third-order valence-electron chi connectivity index (χ3n) is 4.34. The van der Waals surface area contributed by atoms with Crippen molar-refractivity contribution in [1.82, 2.24) is 4.90 Å². The average Bonchev–Trinajstić information content (AvgIpc) is 2.40. The fourth-order valence-corrected chi connectivity index (χ4v) is 3.11. The molecule has 1 unspecified atom stereocenters. The summed E-state index contributed by atoms with van der Waals surface area (Å²) in [6, 6.07) is 0.266. The number of nitrogens with zero attached hydrogens (tertiary/aromatic N) is 1. The lowest BCUT2D eigenvalue weighted by Crippen LogP contribution is -2.43. The highest BCUT2D eigenvalue weighted by molar-refractivity contribution is 5.84. The summed E-state index contributed by atoms with van der Waals surface area (Å²) in [6.45, 7) is 6.99. The molecule has 1 aliphatic carbocycles. The molecule has 1 heterocycles. The summed E-state index contributed by atoms with van der Waals surface area (Å²) in [5, 5.41) is 0. The standard InChI is InChI=1S/C14H25NO/c1-14(2)8-5-10-15(11-9-14)12-6-3-4-7-13(12)16/h12H,3-11H2,1-2H3. The molecule has 0 radical (unpaired) electrons. The van der Waals surface area contributed by atoms with Gasteiger partial charge in [-0.2, -0.15) is 0 Å². The Morgan fingerprint density at radius 1 is 1.12 bits per heavy atom. The third-order valence-corrected chi connectivity index (χ3v) is 4.34. The summed E-state index contributed by atoms with van der Waals surface area (Å²) < 4.78 is 0. The largest absolute Gasteiger partial charge is 0.298 e. The van der Waals surface area contributed by atoms with E-state index in [9.17, 15) is 4.79 Å². The Bertz CT molecular complexity index is 259. The summed E-state index contributed by atoms with van der Waals surface area (Å²) in [7, 11) is 0. The van der Waals surface area contributed by atoms with Crippen molar-refractivity contribution < 1.29 is 4.79 Å². The number of Topliss-reactive ketones (excluding diaryl/α,β-unsaturated/α-hetero) is 1. The molecule has 0 aromatic rings. The lowest BCUT2D eigenvalue weighted by atomic mass is 9.85. The summed E-state index contributed by atoms with van der Waals surface area (Å²) in [5.74, 6) is 0.506. The second-order valence-corrected chi connectivity index (χ2v) is 6.28. The van der Waals surface area contributed by atoms with E-state index in [1.807, 2.05) is 0 Å². The van der Waals surface area contributed by atoms with Gasteiger partial charge < -0.3 is 0 Å². The number of rotatable bonds is 1. The van der Waals surface area contributed by atoms with Gasteiger partial charge in [0, 0.05) is 6.42 Å². The number of carbonyl (C=O) groups is 1. The van der Waals surface area contributed by atoms with Crippen LogP contribution in [0.5, 0.6) is 0 Å². The van der Waals surface area contributed by atoms with Crippen molar-refractivity contribution >= 4 is 5.78 Å². The van der Waals surface area contributed by atoms with Crippen LogP contribution in [-0.2, 0) is 4.79 Å². The molecule has 2 aliphatic rings. The Morgan fingerprint density at radius 3 is 2.69 bits per heavy atom. The normalized spacial score (nSPS) is 32.4. The van der Waals surface area contributed by atoms with E-state index in [4.69, 9.17) is 0 Å². The van der Waals surface area contributed by atoms with Gasteiger partial charge >= 0.3 is 0 Å². The smallest absolute Gasteiger partial charge is 0.149 e. The zero-order valence-corrected chi connectivity index (χ0v) is 10.8. The Kier molecular flexibility index (Phi) is 3.68. The van der Waals surface area contributed by atoms with E-state index in [1.165, 1.54) is 25.7 Å². The zero-order chi connectivity index (χ0) is 11.6. The van der Waals surface area contributed by atoms with E-state index < -0.39 is 0 Å². The van der Waals surface area contributed by atoms with Crippen LogP contribution in [0.3, 0.4) is 0 Å². The minimum Gasteiger partial charge on any atom is -0.298 e. The maximum Gasteiger partial charge on any atom is 0.149 e. The topological polar surface area (TPSA) is 20.3 Å². The van der Waals surface area contributed by atoms with Gasteiger partial charge in [-0.25, -0.2) is 0 Å². The fraction of sp³-hybridized carbons (Fsp3) is 0.929. The van der Waals surface area contributed by atoms with Gasteiger partial charge in [-0.15, -0.1) is 0 Å². The van der Waals surface area contributed by atoms with Gasteiger partial charge in [-0.1, -0.05) is 20.3 Å². The Labute approximate surface area is 99.4 Å². The van der Waals surface area contributed by atoms with Crippen molar-refractivity contribution in [3.8, 4) is 0 Å². The van der Waals surface area contributed by atoms with Crippen LogP contribution in [0.1, 0.15) is 58.8 Å². The summed E-state index contributed by atoms with van der Waals surface area (Å²) >= 11 is 0. The summed E-state index contributed by atoms with van der Waals surface area (Å²) in [4.78, 5) is 14.4. The van der Waals surface area contributed by atoms with E-state index in [0.717, 1.165) is 32.4 Å². The molecule has 1 atom stereocenters. The van der Waals surface area contributed by atoms with Gasteiger partial charge in [0.15, 0.2) is 0 Å². The molecule has 2 rings (SSSR count). The number of hydrogen-bond donors (Lipinski definition) is 0. The Morgan fingerprint density at radius 2 is 1.94 bits per heavy atom. The quantitative estimate of drug-likeness (QED) is 0.681. The van der Waals surface area contributed by atoms with Crippen LogP contribution in [0.2, 0.25) is 0 Å². The van der Waals surface area contributed by atoms with E-state index >= 15 is 0 Å². The molecule has 0 N–H and O–H groups in total. The molecule has 0 bridgehead atoms. The maximum atomic E-state index is 11.9. The van der Waals surface area contributed by atoms with Gasteiger partial charge in [0.05, 0.1) is 6.04 Å². The van der Waals surface area contributed by atoms with Gasteiger partial charge in [-0.3, -0.25) is 9.69 Å². The first-order valence-electron chi connectivity index (χ1n) is 6.85. The van der Waals surface area contributed by atoms with Crippen molar-refractivity contribution in [2.45, 2.75) is 64.8 Å². The van der Waals surface area contributed by atoms with Gasteiger partial charge in [-0.05, 0) is 50.6 Å². The molecule has 0 aromatic heterocycles. The Hall–Kier alpha value is -0.370. The predicted octanol–water partition coefficient (Wildman–Crippen LogP) is 3.01. The SMILES string of the molecule is CC1(C)CCCN(C2CCCCC2=O)CC1. The van der Waals surface area contributed by atoms with Crippen molar-refractivity contribution in [3.63, 3.8) is 0 Å². The average molecular weight is 223 g/mol. The van der Waals surface area contributed by atoms with Crippen LogP contribution in [0.25, 0.3) is 0 Å². The molecular weight excluding hydrogens is 198 g/mol. The molecule has 0 amide bonds. The monoisotopic (exact) mass is 223 g/mol. The number of ketones is 1. The molecule has 1 saturated carbocycles. The summed E-state index contributed by atoms with van der Waals surface area (Å²) in [6.07, 6.45) is 8.12. The third kappa shape index (κ3) is 2.85. The molecule has 2 fully saturated rings. The fourth-order valence-electron chi connectivity index (χ4n) is 3.11. The predicted molar refractivity (Wildman–Crippen MR) is 66.5 cm³/mol. The second kappa shape index (κ2) is 4.87. The Balaban J connectivity index is 1.96. The molecule has 0 spiro atoms. The molecule has 1 saturated heterocycles. The lowest BCUT2D eigenvalue weighted by Gasteiger charge is -2.32. The van der Waals surface area contributed by atoms with Crippen LogP contribution >= 0.6 is 0 Å². The molecule has 92 valence electrons. The van der Waals surface area contributed by atoms with E-state index in [1.54, 1.807) is 0 Å². The number of carbonyl (C=O) groups excluding carboxylic acids is 1. The minimum absolute atomic E-state index is 0.266. The van der Waals surface area contributed by atoms with Crippen molar-refractivity contribution in [2.24, 2.45) is 5.41 Å². The first-order valence-corrected chi connectivity index (χ1v) is 6.85. The first kappa shape index (κ1) is 12.1. The van der Waals surface area contributed by atoms with E-state index in [0.29, 0.717) is 11.2 Å². The number of likely N-dealkylation sites (tertiary alicyclic amines) is 1. The van der Waals surface area contributed by atoms with Gasteiger partial charge in [0.1, 0.15) is 5.78 Å². The van der Waals surface area contributed by atoms with Crippen molar-refractivity contribution in [2.75, 3.05) is 13.1 Å². The summed E-state index contributed by atoms with van der Waals surface area (Å²) in [5.41, 5.74) is 0.479. The van der Waals surface area contributed by atoms with Crippen molar-refractivity contribution in [1.29, 1.82) is 0 Å². The van der Waals surface area contributed by atoms with Crippen LogP contribution in [-0.4, -0.2) is 29.8 Å². The minimum atomic E-state index is 0.266. The van der Waals surface area contributed by atoms with E-state index in [-0.39, 0.29) is 6.04 Å². The van der Waals surface area contributed by atoms with Crippen molar-refractivity contribution in [3.05, 3.63) is 0 Å². The lowest BCUT2D eigenvalue weighted by molar-refractivity contribution is -0.126. The molecule has 16 heavy (non-hydrogen) atoms. The van der Waals surface area contributed by atoms with Crippen LogP contribution in [0.4, 0.5) is 0 Å². The maximum absolute atomic E-state index is 11.9. The zero-order valence-electron chi connectivity index (χ0n) is 10.8. The van der Waals surface area contributed by atoms with Gasteiger partial charge in [0.2, 0.25) is 0 Å². The number of hydrogen-bond acceptors (Lipinski definition) is 2. The highest BCUT2D eigenvalue weighted by Gasteiger charge is 2.31. The highest BCUT2D eigenvalue weighted by atomic mass is 16.1. The van der Waals surface area contributed by atoms with E-state index in [2.05, 4.69) is 18.7 Å². The second-order valence-electron chi connectivity index (χ2n) is 6.28. The highest BCUT2D eigenvalue weighted by Crippen LogP contribution is 2.31.